The zero-order chi connectivity index (χ0) is 21.6. The Bertz CT molecular complexity index is 952. The van der Waals surface area contributed by atoms with Gasteiger partial charge in [-0.1, -0.05) is 50.2 Å². The van der Waals surface area contributed by atoms with E-state index >= 15 is 0 Å². The number of hydrogen-bond acceptors (Lipinski definition) is 5. The van der Waals surface area contributed by atoms with Gasteiger partial charge in [0, 0.05) is 5.69 Å². The summed E-state index contributed by atoms with van der Waals surface area (Å²) < 4.78 is 32.5. The van der Waals surface area contributed by atoms with Gasteiger partial charge in [0.1, 0.15) is 6.04 Å². The molecule has 0 saturated carbocycles. The lowest BCUT2D eigenvalue weighted by molar-refractivity contribution is -0.150. The van der Waals surface area contributed by atoms with E-state index < -0.39 is 34.5 Å². The second-order valence-electron chi connectivity index (χ2n) is 7.08. The number of esters is 1. The molecule has 0 radical (unpaired) electrons. The van der Waals surface area contributed by atoms with Crippen LogP contribution < -0.4 is 10.0 Å². The maximum Gasteiger partial charge on any atom is 0.324 e. The lowest BCUT2D eigenvalue weighted by atomic mass is 10.1. The molecule has 1 atom stereocenters. The van der Waals surface area contributed by atoms with Crippen molar-refractivity contribution in [2.45, 2.75) is 38.6 Å². The standard InChI is InChI=1S/C21H26N2O5S/c1-14(2)19(23-29(26,27)17-11-6-5-7-12-17)21(25)28-13-18(24)22-20-15(3)9-8-10-16(20)4/h5-12,14,19,23H,13H2,1-4H3,(H,22,24)/t19-/m1/s1. The number of aryl methyl sites for hydroxylation is 2. The van der Waals surface area contributed by atoms with Crippen molar-refractivity contribution >= 4 is 27.6 Å². The molecule has 0 aliphatic heterocycles. The van der Waals surface area contributed by atoms with E-state index in [2.05, 4.69) is 10.0 Å². The van der Waals surface area contributed by atoms with Gasteiger partial charge >= 0.3 is 5.97 Å². The molecular formula is C21H26N2O5S. The van der Waals surface area contributed by atoms with E-state index in [9.17, 15) is 18.0 Å². The number of para-hydroxylation sites is 1. The Labute approximate surface area is 171 Å². The number of carbonyl (C=O) groups is 2. The van der Waals surface area contributed by atoms with Crippen LogP contribution in [0.1, 0.15) is 25.0 Å². The fourth-order valence-corrected chi connectivity index (χ4v) is 4.06. The number of carbonyl (C=O) groups excluding carboxylic acids is 2. The highest BCUT2D eigenvalue weighted by molar-refractivity contribution is 7.89. The minimum atomic E-state index is -3.90. The van der Waals surface area contributed by atoms with Crippen LogP contribution >= 0.6 is 0 Å². The second kappa shape index (κ2) is 9.67. The van der Waals surface area contributed by atoms with E-state index in [4.69, 9.17) is 4.74 Å². The molecule has 0 unspecified atom stereocenters. The number of amides is 1. The molecule has 0 bridgehead atoms. The van der Waals surface area contributed by atoms with Gasteiger partial charge in [-0.25, -0.2) is 8.42 Å². The Morgan fingerprint density at radius 1 is 0.966 bits per heavy atom. The Balaban J connectivity index is 2.02. The molecule has 0 heterocycles. The summed E-state index contributed by atoms with van der Waals surface area (Å²) in [6.07, 6.45) is 0. The Kier molecular flexibility index (Phi) is 7.53. The summed E-state index contributed by atoms with van der Waals surface area (Å²) in [6, 6.07) is 12.2. The van der Waals surface area contributed by atoms with Crippen LogP contribution in [0.4, 0.5) is 5.69 Å². The fourth-order valence-electron chi connectivity index (χ4n) is 2.70. The topological polar surface area (TPSA) is 102 Å². The Morgan fingerprint density at radius 2 is 1.55 bits per heavy atom. The van der Waals surface area contributed by atoms with Gasteiger partial charge in [0.2, 0.25) is 10.0 Å². The first kappa shape index (κ1) is 22.6. The summed E-state index contributed by atoms with van der Waals surface area (Å²) in [5, 5.41) is 2.72. The predicted octanol–water partition coefficient (Wildman–Crippen LogP) is 2.79. The lowest BCUT2D eigenvalue weighted by Crippen LogP contribution is -2.45. The van der Waals surface area contributed by atoms with Crippen molar-refractivity contribution in [1.82, 2.24) is 4.72 Å². The third-order valence-electron chi connectivity index (χ3n) is 4.35. The Morgan fingerprint density at radius 3 is 2.10 bits per heavy atom. The molecule has 1 amide bonds. The zero-order valence-corrected chi connectivity index (χ0v) is 17.7. The number of ether oxygens (including phenoxy) is 1. The summed E-state index contributed by atoms with van der Waals surface area (Å²) in [6.45, 7) is 6.60. The highest BCUT2D eigenvalue weighted by Crippen LogP contribution is 2.19. The van der Waals surface area contributed by atoms with Crippen LogP contribution in [0, 0.1) is 19.8 Å². The van der Waals surface area contributed by atoms with Crippen LogP contribution in [0.25, 0.3) is 0 Å². The molecule has 0 saturated heterocycles. The van der Waals surface area contributed by atoms with Gasteiger partial charge in [-0.15, -0.1) is 0 Å². The van der Waals surface area contributed by atoms with Crippen LogP contribution in [0.15, 0.2) is 53.4 Å². The van der Waals surface area contributed by atoms with E-state index in [1.807, 2.05) is 32.0 Å². The van der Waals surface area contributed by atoms with E-state index in [1.54, 1.807) is 32.0 Å². The lowest BCUT2D eigenvalue weighted by Gasteiger charge is -2.21. The fraction of sp³-hybridized carbons (Fsp3) is 0.333. The summed E-state index contributed by atoms with van der Waals surface area (Å²) in [5.41, 5.74) is 2.44. The predicted molar refractivity (Wildman–Crippen MR) is 111 cm³/mol. The largest absolute Gasteiger partial charge is 0.454 e. The molecule has 7 nitrogen and oxygen atoms in total. The smallest absolute Gasteiger partial charge is 0.324 e. The summed E-state index contributed by atoms with van der Waals surface area (Å²) >= 11 is 0. The van der Waals surface area contributed by atoms with Gasteiger partial charge in [-0.3, -0.25) is 9.59 Å². The summed E-state index contributed by atoms with van der Waals surface area (Å²) in [7, 11) is -3.90. The van der Waals surface area contributed by atoms with Gasteiger partial charge in [0.05, 0.1) is 4.90 Å². The van der Waals surface area contributed by atoms with Gasteiger partial charge < -0.3 is 10.1 Å². The third-order valence-corrected chi connectivity index (χ3v) is 5.80. The van der Waals surface area contributed by atoms with E-state index in [-0.39, 0.29) is 10.8 Å². The molecule has 0 fully saturated rings. The number of nitrogens with one attached hydrogen (secondary N) is 2. The molecule has 156 valence electrons. The average molecular weight is 419 g/mol. The van der Waals surface area contributed by atoms with Crippen molar-refractivity contribution in [3.8, 4) is 0 Å². The van der Waals surface area contributed by atoms with Gasteiger partial charge in [-0.05, 0) is 43.0 Å². The molecule has 0 aliphatic rings. The van der Waals surface area contributed by atoms with Crippen molar-refractivity contribution < 1.29 is 22.7 Å². The molecule has 2 aromatic rings. The average Bonchev–Trinajstić information content (AvgIpc) is 2.68. The number of anilines is 1. The molecule has 2 rings (SSSR count). The monoisotopic (exact) mass is 418 g/mol. The second-order valence-corrected chi connectivity index (χ2v) is 8.79. The van der Waals surface area contributed by atoms with Crippen molar-refractivity contribution in [3.05, 3.63) is 59.7 Å². The Hall–Kier alpha value is -2.71. The van der Waals surface area contributed by atoms with E-state index in [1.165, 1.54) is 12.1 Å². The van der Waals surface area contributed by atoms with Crippen LogP contribution in [-0.2, 0) is 24.3 Å². The van der Waals surface area contributed by atoms with Crippen LogP contribution in [0.3, 0.4) is 0 Å². The van der Waals surface area contributed by atoms with E-state index in [0.29, 0.717) is 5.69 Å². The van der Waals surface area contributed by atoms with Crippen LogP contribution in [0.5, 0.6) is 0 Å². The van der Waals surface area contributed by atoms with Crippen LogP contribution in [-0.4, -0.2) is 32.9 Å². The molecule has 2 N–H and O–H groups in total. The molecule has 0 spiro atoms. The maximum absolute atomic E-state index is 12.5. The molecule has 2 aromatic carbocycles. The first-order valence-corrected chi connectivity index (χ1v) is 10.7. The van der Waals surface area contributed by atoms with Gasteiger partial charge in [0.25, 0.3) is 5.91 Å². The quantitative estimate of drug-likeness (QED) is 0.642. The number of hydrogen-bond donors (Lipinski definition) is 2. The molecule has 29 heavy (non-hydrogen) atoms. The summed E-state index contributed by atoms with van der Waals surface area (Å²) in [5.74, 6) is -1.68. The van der Waals surface area contributed by atoms with Crippen molar-refractivity contribution in [3.63, 3.8) is 0 Å². The first-order chi connectivity index (χ1) is 13.6. The van der Waals surface area contributed by atoms with Crippen molar-refractivity contribution in [2.24, 2.45) is 5.92 Å². The SMILES string of the molecule is Cc1cccc(C)c1NC(=O)COC(=O)[C@H](NS(=O)(=O)c1ccccc1)C(C)C. The number of sulfonamides is 1. The molecular weight excluding hydrogens is 392 g/mol. The normalized spacial score (nSPS) is 12.4. The number of benzene rings is 2. The minimum absolute atomic E-state index is 0.0474. The highest BCUT2D eigenvalue weighted by atomic mass is 32.2. The summed E-state index contributed by atoms with van der Waals surface area (Å²) in [4.78, 5) is 24.7. The first-order valence-electron chi connectivity index (χ1n) is 9.22. The van der Waals surface area contributed by atoms with Crippen molar-refractivity contribution in [1.29, 1.82) is 0 Å². The third kappa shape index (κ3) is 6.13. The van der Waals surface area contributed by atoms with Gasteiger partial charge in [0.15, 0.2) is 6.61 Å². The molecule has 8 heteroatoms. The van der Waals surface area contributed by atoms with Crippen molar-refractivity contribution in [2.75, 3.05) is 11.9 Å². The van der Waals surface area contributed by atoms with Gasteiger partial charge in [-0.2, -0.15) is 4.72 Å². The number of rotatable bonds is 8. The maximum atomic E-state index is 12.5. The zero-order valence-electron chi connectivity index (χ0n) is 16.9. The molecule has 0 aliphatic carbocycles. The molecule has 0 aromatic heterocycles. The van der Waals surface area contributed by atoms with E-state index in [0.717, 1.165) is 11.1 Å². The van der Waals surface area contributed by atoms with Crippen LogP contribution in [0.2, 0.25) is 0 Å². The minimum Gasteiger partial charge on any atom is -0.454 e. The highest BCUT2D eigenvalue weighted by Gasteiger charge is 2.30.